The Hall–Kier alpha value is -1.60. The average molecular weight is 247 g/mol. The highest BCUT2D eigenvalue weighted by Crippen LogP contribution is 2.34. The SMILES string of the molecule is [C-]#[N+]C(=C1CCC1)S(=O)(=O)c1ccc(C)cc1. The van der Waals surface area contributed by atoms with Crippen LogP contribution in [0.2, 0.25) is 0 Å². The van der Waals surface area contributed by atoms with Gasteiger partial charge in [0.05, 0.1) is 11.5 Å². The van der Waals surface area contributed by atoms with E-state index in [4.69, 9.17) is 6.57 Å². The molecule has 0 aromatic heterocycles. The summed E-state index contributed by atoms with van der Waals surface area (Å²) in [4.78, 5) is 3.44. The van der Waals surface area contributed by atoms with E-state index in [-0.39, 0.29) is 9.92 Å². The Morgan fingerprint density at radius 3 is 2.24 bits per heavy atom. The van der Waals surface area contributed by atoms with Crippen molar-refractivity contribution >= 4 is 9.84 Å². The van der Waals surface area contributed by atoms with Crippen LogP contribution in [0.4, 0.5) is 0 Å². The van der Waals surface area contributed by atoms with E-state index in [1.165, 1.54) is 0 Å². The Balaban J connectivity index is 2.50. The van der Waals surface area contributed by atoms with Gasteiger partial charge in [0.1, 0.15) is 0 Å². The summed E-state index contributed by atoms with van der Waals surface area (Å²) in [6.45, 7) is 8.96. The monoisotopic (exact) mass is 247 g/mol. The van der Waals surface area contributed by atoms with Gasteiger partial charge < -0.3 is 0 Å². The van der Waals surface area contributed by atoms with Crippen LogP contribution < -0.4 is 0 Å². The number of sulfone groups is 1. The second-order valence-corrected chi connectivity index (χ2v) is 6.06. The molecule has 0 amide bonds. The molecule has 2 rings (SSSR count). The minimum atomic E-state index is -3.60. The van der Waals surface area contributed by atoms with E-state index < -0.39 is 9.84 Å². The van der Waals surface area contributed by atoms with Gasteiger partial charge in [0, 0.05) is 0 Å². The molecule has 0 N–H and O–H groups in total. The lowest BCUT2D eigenvalue weighted by Crippen LogP contribution is -2.09. The predicted octanol–water partition coefficient (Wildman–Crippen LogP) is 3.08. The lowest BCUT2D eigenvalue weighted by atomic mass is 9.94. The Bertz CT molecular complexity index is 598. The molecule has 1 aromatic carbocycles. The molecular formula is C13H13NO2S. The molecule has 0 radical (unpaired) electrons. The molecule has 88 valence electrons. The third-order valence-corrected chi connectivity index (χ3v) is 4.73. The maximum absolute atomic E-state index is 12.2. The smallest absolute Gasteiger partial charge is 0.230 e. The molecule has 4 heteroatoms. The number of aryl methyl sites for hydroxylation is 1. The van der Waals surface area contributed by atoms with E-state index in [0.717, 1.165) is 30.4 Å². The largest absolute Gasteiger partial charge is 0.282 e. The summed E-state index contributed by atoms with van der Waals surface area (Å²) in [5, 5.41) is -0.0624. The second-order valence-electron chi connectivity index (χ2n) is 4.19. The minimum Gasteiger partial charge on any atom is -0.230 e. The number of allylic oxidation sites excluding steroid dienone is 1. The van der Waals surface area contributed by atoms with Crippen molar-refractivity contribution in [2.45, 2.75) is 31.1 Å². The molecule has 3 nitrogen and oxygen atoms in total. The van der Waals surface area contributed by atoms with Crippen LogP contribution in [0.3, 0.4) is 0 Å². The summed E-state index contributed by atoms with van der Waals surface area (Å²) in [5.41, 5.74) is 1.78. The zero-order chi connectivity index (χ0) is 12.5. The van der Waals surface area contributed by atoms with Crippen molar-refractivity contribution in [2.75, 3.05) is 0 Å². The number of nitrogens with zero attached hydrogens (tertiary/aromatic N) is 1. The van der Waals surface area contributed by atoms with E-state index in [9.17, 15) is 8.42 Å². The van der Waals surface area contributed by atoms with Crippen molar-refractivity contribution in [3.05, 3.63) is 51.8 Å². The third-order valence-electron chi connectivity index (χ3n) is 2.95. The highest BCUT2D eigenvalue weighted by atomic mass is 32.2. The first-order chi connectivity index (χ1) is 8.05. The maximum atomic E-state index is 12.2. The van der Waals surface area contributed by atoms with Gasteiger partial charge in [-0.3, -0.25) is 0 Å². The van der Waals surface area contributed by atoms with Gasteiger partial charge in [0.25, 0.3) is 5.03 Å². The van der Waals surface area contributed by atoms with Crippen LogP contribution in [0.25, 0.3) is 4.85 Å². The van der Waals surface area contributed by atoms with Gasteiger partial charge in [-0.2, -0.15) is 0 Å². The molecule has 0 saturated heterocycles. The summed E-state index contributed by atoms with van der Waals surface area (Å²) in [6.07, 6.45) is 2.46. The van der Waals surface area contributed by atoms with Crippen molar-refractivity contribution in [3.63, 3.8) is 0 Å². The van der Waals surface area contributed by atoms with Gasteiger partial charge in [-0.25, -0.2) is 13.3 Å². The van der Waals surface area contributed by atoms with Gasteiger partial charge in [0.15, 0.2) is 0 Å². The van der Waals surface area contributed by atoms with Gasteiger partial charge in [-0.1, -0.05) is 23.3 Å². The molecular weight excluding hydrogens is 234 g/mol. The summed E-state index contributed by atoms with van der Waals surface area (Å²) < 4.78 is 24.5. The van der Waals surface area contributed by atoms with E-state index >= 15 is 0 Å². The van der Waals surface area contributed by atoms with Crippen LogP contribution in [-0.2, 0) is 9.84 Å². The number of hydrogen-bond donors (Lipinski definition) is 0. The molecule has 1 saturated carbocycles. The molecule has 1 aliphatic rings. The second kappa shape index (κ2) is 4.34. The number of benzene rings is 1. The van der Waals surface area contributed by atoms with Crippen LogP contribution in [-0.4, -0.2) is 8.42 Å². The summed E-state index contributed by atoms with van der Waals surface area (Å²) >= 11 is 0. The standard InChI is InChI=1S/C13H13NO2S/c1-10-6-8-12(9-7-10)17(15,16)13(14-2)11-4-3-5-11/h6-9H,3-5H2,1H3. The normalized spacial score (nSPS) is 14.9. The molecule has 0 atom stereocenters. The Labute approximate surface area is 102 Å². The fraction of sp³-hybridized carbons (Fsp3) is 0.308. The molecule has 0 unspecified atom stereocenters. The van der Waals surface area contributed by atoms with Crippen molar-refractivity contribution in [1.29, 1.82) is 0 Å². The first-order valence-electron chi connectivity index (χ1n) is 5.47. The summed E-state index contributed by atoms with van der Waals surface area (Å²) in [6, 6.07) is 6.63. The highest BCUT2D eigenvalue weighted by molar-refractivity contribution is 7.95. The lowest BCUT2D eigenvalue weighted by Gasteiger charge is -2.18. The van der Waals surface area contributed by atoms with Crippen molar-refractivity contribution in [1.82, 2.24) is 0 Å². The molecule has 1 aliphatic carbocycles. The van der Waals surface area contributed by atoms with Crippen LogP contribution in [0, 0.1) is 13.5 Å². The topological polar surface area (TPSA) is 38.5 Å². The quantitative estimate of drug-likeness (QED) is 0.753. The van der Waals surface area contributed by atoms with Gasteiger partial charge in [0.2, 0.25) is 9.84 Å². The Morgan fingerprint density at radius 1 is 1.24 bits per heavy atom. The van der Waals surface area contributed by atoms with E-state index in [1.807, 2.05) is 6.92 Å². The Kier molecular flexibility index (Phi) is 3.03. The average Bonchev–Trinajstić information content (AvgIpc) is 2.23. The predicted molar refractivity (Wildman–Crippen MR) is 65.8 cm³/mol. The number of rotatable bonds is 2. The number of hydrogen-bond acceptors (Lipinski definition) is 2. The Morgan fingerprint density at radius 2 is 1.82 bits per heavy atom. The minimum absolute atomic E-state index is 0.0624. The third kappa shape index (κ3) is 2.11. The molecule has 0 heterocycles. The zero-order valence-electron chi connectivity index (χ0n) is 9.60. The highest BCUT2D eigenvalue weighted by Gasteiger charge is 2.27. The van der Waals surface area contributed by atoms with Crippen LogP contribution in [0.1, 0.15) is 24.8 Å². The molecule has 0 spiro atoms. The fourth-order valence-corrected chi connectivity index (χ4v) is 3.15. The molecule has 0 bridgehead atoms. The lowest BCUT2D eigenvalue weighted by molar-refractivity contribution is 0.598. The van der Waals surface area contributed by atoms with E-state index in [2.05, 4.69) is 4.85 Å². The van der Waals surface area contributed by atoms with E-state index in [0.29, 0.717) is 0 Å². The van der Waals surface area contributed by atoms with Gasteiger partial charge >= 0.3 is 0 Å². The fourth-order valence-electron chi connectivity index (χ4n) is 1.73. The molecule has 0 aliphatic heterocycles. The zero-order valence-corrected chi connectivity index (χ0v) is 10.4. The first-order valence-corrected chi connectivity index (χ1v) is 6.95. The van der Waals surface area contributed by atoms with Crippen molar-refractivity contribution in [3.8, 4) is 0 Å². The van der Waals surface area contributed by atoms with Gasteiger partial charge in [-0.15, -0.1) is 0 Å². The van der Waals surface area contributed by atoms with Crippen molar-refractivity contribution < 1.29 is 8.42 Å². The van der Waals surface area contributed by atoms with Gasteiger partial charge in [-0.05, 0) is 38.3 Å². The van der Waals surface area contributed by atoms with Crippen molar-refractivity contribution in [2.24, 2.45) is 0 Å². The summed E-state index contributed by atoms with van der Waals surface area (Å²) in [7, 11) is -3.60. The van der Waals surface area contributed by atoms with Crippen LogP contribution >= 0.6 is 0 Å². The molecule has 1 fully saturated rings. The van der Waals surface area contributed by atoms with Crippen LogP contribution in [0.5, 0.6) is 0 Å². The van der Waals surface area contributed by atoms with Crippen LogP contribution in [0.15, 0.2) is 39.8 Å². The van der Waals surface area contributed by atoms with E-state index in [1.54, 1.807) is 24.3 Å². The molecule has 17 heavy (non-hydrogen) atoms. The first kappa shape index (κ1) is 11.9. The summed E-state index contributed by atoms with van der Waals surface area (Å²) in [5.74, 6) is 0. The molecule has 1 aromatic rings. The maximum Gasteiger partial charge on any atom is 0.282 e.